The van der Waals surface area contributed by atoms with Gasteiger partial charge in [-0.2, -0.15) is 5.26 Å². The van der Waals surface area contributed by atoms with Crippen LogP contribution >= 0.6 is 0 Å². The highest BCUT2D eigenvalue weighted by molar-refractivity contribution is 5.85. The van der Waals surface area contributed by atoms with Gasteiger partial charge in [-0.15, -0.1) is 0 Å². The Bertz CT molecular complexity index is 272. The molecule has 1 fully saturated rings. The fraction of sp³-hybridized carbons (Fsp3) is 0.846. The van der Waals surface area contributed by atoms with Gasteiger partial charge in [-0.25, -0.2) is 0 Å². The summed E-state index contributed by atoms with van der Waals surface area (Å²) in [6.45, 7) is 2.80. The van der Waals surface area contributed by atoms with Gasteiger partial charge in [0.15, 0.2) is 0 Å². The number of amides is 1. The standard InChI is InChI=1S/C13H22N2O/c1-3-10-15(2)12(16)13(11-14)8-6-4-5-7-9-13/h3-10H2,1-2H3. The Labute approximate surface area is 98.4 Å². The van der Waals surface area contributed by atoms with Gasteiger partial charge >= 0.3 is 0 Å². The van der Waals surface area contributed by atoms with Crippen molar-refractivity contribution in [2.24, 2.45) is 5.41 Å². The summed E-state index contributed by atoms with van der Waals surface area (Å²) >= 11 is 0. The second kappa shape index (κ2) is 5.89. The van der Waals surface area contributed by atoms with E-state index in [-0.39, 0.29) is 5.91 Å². The molecule has 0 spiro atoms. The molecule has 3 nitrogen and oxygen atoms in total. The van der Waals surface area contributed by atoms with Crippen molar-refractivity contribution in [2.45, 2.75) is 51.9 Å². The van der Waals surface area contributed by atoms with Crippen LogP contribution in [0.15, 0.2) is 0 Å². The lowest BCUT2D eigenvalue weighted by Crippen LogP contribution is -2.41. The molecule has 0 aromatic rings. The molecule has 90 valence electrons. The van der Waals surface area contributed by atoms with Gasteiger partial charge in [-0.3, -0.25) is 4.79 Å². The van der Waals surface area contributed by atoms with E-state index in [2.05, 4.69) is 13.0 Å². The second-order valence-electron chi connectivity index (χ2n) is 4.83. The van der Waals surface area contributed by atoms with Gasteiger partial charge < -0.3 is 4.90 Å². The molecule has 0 atom stereocenters. The highest BCUT2D eigenvalue weighted by Crippen LogP contribution is 2.36. The van der Waals surface area contributed by atoms with Crippen LogP contribution in [0.5, 0.6) is 0 Å². The van der Waals surface area contributed by atoms with Crippen molar-refractivity contribution in [1.82, 2.24) is 4.90 Å². The molecular weight excluding hydrogens is 200 g/mol. The van der Waals surface area contributed by atoms with Crippen molar-refractivity contribution in [3.05, 3.63) is 0 Å². The van der Waals surface area contributed by atoms with Gasteiger partial charge in [0.2, 0.25) is 5.91 Å². The average Bonchev–Trinajstić information content (AvgIpc) is 2.54. The SMILES string of the molecule is CCCN(C)C(=O)C1(C#N)CCCCCC1. The smallest absolute Gasteiger partial charge is 0.242 e. The Morgan fingerprint density at radius 3 is 2.31 bits per heavy atom. The number of hydrogen-bond donors (Lipinski definition) is 0. The predicted octanol–water partition coefficient (Wildman–Crippen LogP) is 2.72. The molecule has 0 bridgehead atoms. The quantitative estimate of drug-likeness (QED) is 0.689. The monoisotopic (exact) mass is 222 g/mol. The van der Waals surface area contributed by atoms with E-state index in [4.69, 9.17) is 0 Å². The minimum Gasteiger partial charge on any atom is -0.344 e. The topological polar surface area (TPSA) is 44.1 Å². The zero-order valence-corrected chi connectivity index (χ0v) is 10.5. The van der Waals surface area contributed by atoms with Crippen LogP contribution in [0.25, 0.3) is 0 Å². The Hall–Kier alpha value is -1.04. The summed E-state index contributed by atoms with van der Waals surface area (Å²) in [5.74, 6) is 0.0405. The lowest BCUT2D eigenvalue weighted by Gasteiger charge is -2.29. The molecule has 16 heavy (non-hydrogen) atoms. The molecule has 1 amide bonds. The maximum atomic E-state index is 12.3. The first-order chi connectivity index (χ1) is 7.66. The number of rotatable bonds is 3. The van der Waals surface area contributed by atoms with Gasteiger partial charge in [0.05, 0.1) is 6.07 Å². The summed E-state index contributed by atoms with van der Waals surface area (Å²) in [6, 6.07) is 2.31. The minimum absolute atomic E-state index is 0.0405. The summed E-state index contributed by atoms with van der Waals surface area (Å²) in [7, 11) is 1.82. The van der Waals surface area contributed by atoms with E-state index < -0.39 is 5.41 Å². The third-order valence-corrected chi connectivity index (χ3v) is 3.49. The van der Waals surface area contributed by atoms with Crippen LogP contribution in [-0.4, -0.2) is 24.4 Å². The summed E-state index contributed by atoms with van der Waals surface area (Å²) in [4.78, 5) is 14.0. The maximum absolute atomic E-state index is 12.3. The van der Waals surface area contributed by atoms with Crippen LogP contribution in [0.1, 0.15) is 51.9 Å². The lowest BCUT2D eigenvalue weighted by atomic mass is 9.80. The van der Waals surface area contributed by atoms with Crippen LogP contribution in [0.2, 0.25) is 0 Å². The van der Waals surface area contributed by atoms with E-state index in [1.807, 2.05) is 7.05 Å². The fourth-order valence-electron chi connectivity index (χ4n) is 2.51. The van der Waals surface area contributed by atoms with Crippen molar-refractivity contribution < 1.29 is 4.79 Å². The van der Waals surface area contributed by atoms with E-state index >= 15 is 0 Å². The van der Waals surface area contributed by atoms with Crippen molar-refractivity contribution in [3.63, 3.8) is 0 Å². The Morgan fingerprint density at radius 2 is 1.88 bits per heavy atom. The van der Waals surface area contributed by atoms with Crippen molar-refractivity contribution in [1.29, 1.82) is 5.26 Å². The van der Waals surface area contributed by atoms with Crippen molar-refractivity contribution in [3.8, 4) is 6.07 Å². The van der Waals surface area contributed by atoms with Crippen LogP contribution in [-0.2, 0) is 4.79 Å². The van der Waals surface area contributed by atoms with Gasteiger partial charge in [-0.1, -0.05) is 32.6 Å². The summed E-state index contributed by atoms with van der Waals surface area (Å²) in [6.07, 6.45) is 6.79. The highest BCUT2D eigenvalue weighted by Gasteiger charge is 2.40. The third kappa shape index (κ3) is 2.75. The second-order valence-corrected chi connectivity index (χ2v) is 4.83. The normalized spacial score (nSPS) is 19.6. The Kier molecular flexibility index (Phi) is 4.79. The zero-order valence-electron chi connectivity index (χ0n) is 10.5. The molecule has 0 aromatic heterocycles. The first-order valence-electron chi connectivity index (χ1n) is 6.33. The molecule has 0 radical (unpaired) electrons. The molecule has 0 aliphatic heterocycles. The number of carbonyl (C=O) groups is 1. The van der Waals surface area contributed by atoms with Crippen LogP contribution in [0.3, 0.4) is 0 Å². The van der Waals surface area contributed by atoms with Gasteiger partial charge in [0, 0.05) is 13.6 Å². The number of nitrogens with zero attached hydrogens (tertiary/aromatic N) is 2. The fourth-order valence-corrected chi connectivity index (χ4v) is 2.51. The van der Waals surface area contributed by atoms with Crippen LogP contribution < -0.4 is 0 Å². The maximum Gasteiger partial charge on any atom is 0.242 e. The molecule has 3 heteroatoms. The summed E-state index contributed by atoms with van der Waals surface area (Å²) in [5, 5.41) is 9.36. The summed E-state index contributed by atoms with van der Waals surface area (Å²) in [5.41, 5.74) is -0.722. The van der Waals surface area contributed by atoms with E-state index in [0.717, 1.165) is 51.5 Å². The summed E-state index contributed by atoms with van der Waals surface area (Å²) < 4.78 is 0. The number of nitriles is 1. The largest absolute Gasteiger partial charge is 0.344 e. The third-order valence-electron chi connectivity index (χ3n) is 3.49. The molecule has 0 N–H and O–H groups in total. The molecular formula is C13H22N2O. The first-order valence-corrected chi connectivity index (χ1v) is 6.33. The average molecular weight is 222 g/mol. The number of hydrogen-bond acceptors (Lipinski definition) is 2. The predicted molar refractivity (Wildman–Crippen MR) is 63.7 cm³/mol. The minimum atomic E-state index is -0.722. The molecule has 0 heterocycles. The molecule has 0 unspecified atom stereocenters. The highest BCUT2D eigenvalue weighted by atomic mass is 16.2. The first kappa shape index (κ1) is 13.0. The van der Waals surface area contributed by atoms with Crippen molar-refractivity contribution in [2.75, 3.05) is 13.6 Å². The molecule has 1 aliphatic rings. The Balaban J connectivity index is 2.78. The van der Waals surface area contributed by atoms with E-state index in [0.29, 0.717) is 0 Å². The lowest BCUT2D eigenvalue weighted by molar-refractivity contribution is -0.138. The Morgan fingerprint density at radius 1 is 1.31 bits per heavy atom. The van der Waals surface area contributed by atoms with Crippen LogP contribution in [0, 0.1) is 16.7 Å². The molecule has 1 aliphatic carbocycles. The van der Waals surface area contributed by atoms with Crippen molar-refractivity contribution >= 4 is 5.91 Å². The van der Waals surface area contributed by atoms with E-state index in [9.17, 15) is 10.1 Å². The van der Waals surface area contributed by atoms with E-state index in [1.165, 1.54) is 0 Å². The van der Waals surface area contributed by atoms with Gasteiger partial charge in [0.25, 0.3) is 0 Å². The molecule has 0 aromatic carbocycles. The number of carbonyl (C=O) groups excluding carboxylic acids is 1. The molecule has 0 saturated heterocycles. The molecule has 1 saturated carbocycles. The molecule has 1 rings (SSSR count). The van der Waals surface area contributed by atoms with E-state index in [1.54, 1.807) is 4.90 Å². The zero-order chi connectivity index (χ0) is 12.0. The van der Waals surface area contributed by atoms with Gasteiger partial charge in [-0.05, 0) is 19.3 Å². The van der Waals surface area contributed by atoms with Crippen LogP contribution in [0.4, 0.5) is 0 Å². The van der Waals surface area contributed by atoms with Gasteiger partial charge in [0.1, 0.15) is 5.41 Å².